The zero-order chi connectivity index (χ0) is 13.1. The SMILES string of the molecule is CC1CC(C)SC(Nc2cccc(N(C)C)c2)=N1. The summed E-state index contributed by atoms with van der Waals surface area (Å²) in [5.41, 5.74) is 2.30. The minimum atomic E-state index is 0.417. The second-order valence-corrected chi connectivity index (χ2v) is 6.44. The summed E-state index contributed by atoms with van der Waals surface area (Å²) in [5.74, 6) is 0. The molecule has 4 heteroatoms. The third-order valence-electron chi connectivity index (χ3n) is 2.94. The minimum Gasteiger partial charge on any atom is -0.378 e. The Bertz CT molecular complexity index is 442. The zero-order valence-corrected chi connectivity index (χ0v) is 12.3. The molecule has 0 fully saturated rings. The summed E-state index contributed by atoms with van der Waals surface area (Å²) in [4.78, 5) is 6.76. The highest BCUT2D eigenvalue weighted by Gasteiger charge is 2.18. The Morgan fingerprint density at radius 2 is 2.11 bits per heavy atom. The molecule has 1 N–H and O–H groups in total. The third kappa shape index (κ3) is 3.42. The van der Waals surface area contributed by atoms with E-state index in [0.29, 0.717) is 11.3 Å². The van der Waals surface area contributed by atoms with Crippen LogP contribution in [0.2, 0.25) is 0 Å². The lowest BCUT2D eigenvalue weighted by atomic mass is 10.2. The highest BCUT2D eigenvalue weighted by atomic mass is 32.2. The van der Waals surface area contributed by atoms with Crippen LogP contribution in [-0.4, -0.2) is 30.6 Å². The first-order valence-electron chi connectivity index (χ1n) is 6.33. The molecule has 1 aromatic rings. The highest BCUT2D eigenvalue weighted by molar-refractivity contribution is 8.14. The lowest BCUT2D eigenvalue weighted by molar-refractivity contribution is 0.661. The molecule has 1 aliphatic rings. The Kier molecular flexibility index (Phi) is 4.17. The van der Waals surface area contributed by atoms with E-state index in [1.54, 1.807) is 0 Å². The van der Waals surface area contributed by atoms with E-state index < -0.39 is 0 Å². The molecule has 1 aliphatic heterocycles. The van der Waals surface area contributed by atoms with Crippen LogP contribution in [0.5, 0.6) is 0 Å². The average molecular weight is 263 g/mol. The van der Waals surface area contributed by atoms with Crippen LogP contribution in [0.3, 0.4) is 0 Å². The summed E-state index contributed by atoms with van der Waals surface area (Å²) in [5, 5.41) is 5.10. The normalized spacial score (nSPS) is 23.4. The molecule has 1 aromatic carbocycles. The smallest absolute Gasteiger partial charge is 0.161 e. The van der Waals surface area contributed by atoms with Crippen molar-refractivity contribution in [3.63, 3.8) is 0 Å². The summed E-state index contributed by atoms with van der Waals surface area (Å²) < 4.78 is 0. The maximum Gasteiger partial charge on any atom is 0.161 e. The fraction of sp³-hybridized carbons (Fsp3) is 0.500. The largest absolute Gasteiger partial charge is 0.378 e. The van der Waals surface area contributed by atoms with Gasteiger partial charge >= 0.3 is 0 Å². The average Bonchev–Trinajstić information content (AvgIpc) is 2.27. The van der Waals surface area contributed by atoms with E-state index in [0.717, 1.165) is 17.3 Å². The highest BCUT2D eigenvalue weighted by Crippen LogP contribution is 2.26. The maximum absolute atomic E-state index is 4.66. The second kappa shape index (κ2) is 5.65. The van der Waals surface area contributed by atoms with Crippen molar-refractivity contribution in [1.82, 2.24) is 0 Å². The number of benzene rings is 1. The lowest BCUT2D eigenvalue weighted by Gasteiger charge is -2.23. The Morgan fingerprint density at radius 1 is 1.33 bits per heavy atom. The molecular formula is C14H21N3S. The number of hydrogen-bond donors (Lipinski definition) is 1. The van der Waals surface area contributed by atoms with Crippen LogP contribution in [0, 0.1) is 0 Å². The molecule has 0 radical (unpaired) electrons. The van der Waals surface area contributed by atoms with Gasteiger partial charge in [-0.15, -0.1) is 0 Å². The lowest BCUT2D eigenvalue weighted by Crippen LogP contribution is -2.22. The molecule has 98 valence electrons. The predicted octanol–water partition coefficient (Wildman–Crippen LogP) is 3.43. The maximum atomic E-state index is 4.66. The zero-order valence-electron chi connectivity index (χ0n) is 11.5. The molecule has 2 unspecified atom stereocenters. The van der Waals surface area contributed by atoms with Gasteiger partial charge in [-0.25, -0.2) is 0 Å². The van der Waals surface area contributed by atoms with Crippen LogP contribution in [-0.2, 0) is 0 Å². The van der Waals surface area contributed by atoms with E-state index in [-0.39, 0.29) is 0 Å². The Labute approximate surface area is 114 Å². The molecule has 2 rings (SSSR count). The van der Waals surface area contributed by atoms with E-state index >= 15 is 0 Å². The van der Waals surface area contributed by atoms with Gasteiger partial charge in [-0.2, -0.15) is 0 Å². The molecule has 0 saturated carbocycles. The van der Waals surface area contributed by atoms with Crippen molar-refractivity contribution in [3.05, 3.63) is 24.3 Å². The first-order valence-corrected chi connectivity index (χ1v) is 7.21. The molecule has 0 saturated heterocycles. The number of amidine groups is 1. The molecule has 0 bridgehead atoms. The number of nitrogens with one attached hydrogen (secondary N) is 1. The second-order valence-electron chi connectivity index (χ2n) is 5.02. The number of anilines is 2. The first-order chi connectivity index (χ1) is 8.54. The van der Waals surface area contributed by atoms with Crippen molar-refractivity contribution in [2.45, 2.75) is 31.6 Å². The van der Waals surface area contributed by atoms with Crippen molar-refractivity contribution in [1.29, 1.82) is 0 Å². The van der Waals surface area contributed by atoms with E-state index in [4.69, 9.17) is 0 Å². The van der Waals surface area contributed by atoms with Crippen molar-refractivity contribution < 1.29 is 0 Å². The Hall–Kier alpha value is -1.16. The number of thioether (sulfide) groups is 1. The van der Waals surface area contributed by atoms with Crippen molar-refractivity contribution >= 4 is 28.3 Å². The van der Waals surface area contributed by atoms with E-state index in [2.05, 4.69) is 67.4 Å². The number of aliphatic imine (C=N–C) groups is 1. The molecule has 3 nitrogen and oxygen atoms in total. The molecular weight excluding hydrogens is 242 g/mol. The molecule has 0 spiro atoms. The number of hydrogen-bond acceptors (Lipinski definition) is 4. The third-order valence-corrected chi connectivity index (χ3v) is 3.96. The fourth-order valence-electron chi connectivity index (χ4n) is 2.05. The summed E-state index contributed by atoms with van der Waals surface area (Å²) in [6.07, 6.45) is 1.16. The molecule has 0 aromatic heterocycles. The standard InChI is InChI=1S/C14H21N3S/c1-10-8-11(2)18-14(15-10)16-12-6-5-7-13(9-12)17(3)4/h5-7,9-11H,8H2,1-4H3,(H,15,16). The van der Waals surface area contributed by atoms with E-state index in [9.17, 15) is 0 Å². The molecule has 1 heterocycles. The monoisotopic (exact) mass is 263 g/mol. The summed E-state index contributed by atoms with van der Waals surface area (Å²) in [6.45, 7) is 4.43. The number of rotatable bonds is 2. The van der Waals surface area contributed by atoms with E-state index in [1.165, 1.54) is 5.69 Å². The predicted molar refractivity (Wildman–Crippen MR) is 83.0 cm³/mol. The fourth-order valence-corrected chi connectivity index (χ4v) is 3.22. The Morgan fingerprint density at radius 3 is 2.78 bits per heavy atom. The summed E-state index contributed by atoms with van der Waals surface area (Å²) in [7, 11) is 4.10. The summed E-state index contributed by atoms with van der Waals surface area (Å²) >= 11 is 1.82. The first kappa shape index (κ1) is 13.3. The van der Waals surface area contributed by atoms with Crippen LogP contribution in [0.1, 0.15) is 20.3 Å². The van der Waals surface area contributed by atoms with Gasteiger partial charge in [-0.3, -0.25) is 4.99 Å². The topological polar surface area (TPSA) is 27.6 Å². The van der Waals surface area contributed by atoms with Gasteiger partial charge in [0.05, 0.1) is 6.04 Å². The summed E-state index contributed by atoms with van der Waals surface area (Å²) in [6, 6.07) is 8.82. The van der Waals surface area contributed by atoms with Crippen molar-refractivity contribution in [2.24, 2.45) is 4.99 Å². The van der Waals surface area contributed by atoms with Crippen molar-refractivity contribution in [3.8, 4) is 0 Å². The van der Waals surface area contributed by atoms with Crippen LogP contribution in [0.15, 0.2) is 29.3 Å². The van der Waals surface area contributed by atoms with Crippen LogP contribution >= 0.6 is 11.8 Å². The number of nitrogens with zero attached hydrogens (tertiary/aromatic N) is 2. The van der Waals surface area contributed by atoms with Gasteiger partial charge in [-0.05, 0) is 31.5 Å². The van der Waals surface area contributed by atoms with E-state index in [1.807, 2.05) is 11.8 Å². The van der Waals surface area contributed by atoms with Crippen LogP contribution in [0.25, 0.3) is 0 Å². The van der Waals surface area contributed by atoms with Crippen LogP contribution < -0.4 is 10.2 Å². The van der Waals surface area contributed by atoms with Gasteiger partial charge in [0.15, 0.2) is 5.17 Å². The molecule has 0 aliphatic carbocycles. The van der Waals surface area contributed by atoms with Gasteiger partial charge in [0, 0.05) is 30.7 Å². The van der Waals surface area contributed by atoms with Gasteiger partial charge in [-0.1, -0.05) is 24.8 Å². The van der Waals surface area contributed by atoms with Gasteiger partial charge in [0.2, 0.25) is 0 Å². The molecule has 2 atom stereocenters. The molecule has 18 heavy (non-hydrogen) atoms. The Balaban J connectivity index is 2.11. The quantitative estimate of drug-likeness (QED) is 0.886. The van der Waals surface area contributed by atoms with Gasteiger partial charge in [0.1, 0.15) is 0 Å². The molecule has 0 amide bonds. The van der Waals surface area contributed by atoms with Crippen LogP contribution in [0.4, 0.5) is 11.4 Å². The van der Waals surface area contributed by atoms with Gasteiger partial charge < -0.3 is 10.2 Å². The van der Waals surface area contributed by atoms with Gasteiger partial charge in [0.25, 0.3) is 0 Å². The van der Waals surface area contributed by atoms with Crippen molar-refractivity contribution in [2.75, 3.05) is 24.3 Å². The minimum absolute atomic E-state index is 0.417.